The van der Waals surface area contributed by atoms with E-state index < -0.39 is 10.0 Å². The third-order valence-corrected chi connectivity index (χ3v) is 6.80. The van der Waals surface area contributed by atoms with Gasteiger partial charge in [0, 0.05) is 42.8 Å². The highest BCUT2D eigenvalue weighted by Crippen LogP contribution is 2.34. The van der Waals surface area contributed by atoms with Crippen LogP contribution in [0.3, 0.4) is 0 Å². The number of hydrogen-bond acceptors (Lipinski definition) is 3. The van der Waals surface area contributed by atoms with Crippen molar-refractivity contribution in [1.82, 2.24) is 14.2 Å². The maximum Gasteiger partial charge on any atom is 0.245 e. The maximum atomic E-state index is 13.3. The average Bonchev–Trinajstić information content (AvgIpc) is 3.05. The Hall–Kier alpha value is -1.08. The van der Waals surface area contributed by atoms with Crippen LogP contribution in [0.5, 0.6) is 0 Å². The summed E-state index contributed by atoms with van der Waals surface area (Å²) in [6.07, 6.45) is 1.85. The van der Waals surface area contributed by atoms with E-state index in [2.05, 4.69) is 5.32 Å². The number of likely N-dealkylation sites (N-methyl/N-ethyl adjacent to an activating group) is 1. The monoisotopic (exact) mass is 357 g/mol. The molecule has 23 heavy (non-hydrogen) atoms. The molecule has 7 heteroatoms. The van der Waals surface area contributed by atoms with Gasteiger partial charge < -0.3 is 9.88 Å². The first-order valence-electron chi connectivity index (χ1n) is 7.69. The number of rotatable bonds is 4. The molecule has 0 amide bonds. The molecule has 0 spiro atoms. The van der Waals surface area contributed by atoms with Gasteiger partial charge in [-0.2, -0.15) is 4.31 Å². The minimum absolute atomic E-state index is 0. The molecule has 1 saturated heterocycles. The lowest BCUT2D eigenvalue weighted by molar-refractivity contribution is 0.379. The average molecular weight is 358 g/mol. The van der Waals surface area contributed by atoms with Gasteiger partial charge in [0.05, 0.1) is 0 Å². The van der Waals surface area contributed by atoms with Crippen molar-refractivity contribution in [2.75, 3.05) is 20.1 Å². The predicted molar refractivity (Wildman–Crippen MR) is 95.7 cm³/mol. The molecular formula is C16H24ClN3O2S. The van der Waals surface area contributed by atoms with Crippen LogP contribution in [0.15, 0.2) is 29.2 Å². The highest BCUT2D eigenvalue weighted by molar-refractivity contribution is 7.89. The zero-order valence-electron chi connectivity index (χ0n) is 13.7. The van der Waals surface area contributed by atoms with Gasteiger partial charge >= 0.3 is 0 Å². The van der Waals surface area contributed by atoms with E-state index in [-0.39, 0.29) is 18.4 Å². The summed E-state index contributed by atoms with van der Waals surface area (Å²) in [4.78, 5) is 0.466. The fraction of sp³-hybridized carbons (Fsp3) is 0.500. The highest BCUT2D eigenvalue weighted by Gasteiger charge is 2.37. The van der Waals surface area contributed by atoms with E-state index in [1.54, 1.807) is 4.31 Å². The molecule has 1 unspecified atom stereocenters. The smallest absolute Gasteiger partial charge is 0.245 e. The van der Waals surface area contributed by atoms with Crippen LogP contribution in [-0.2, 0) is 17.1 Å². The first kappa shape index (κ1) is 18.3. The fourth-order valence-corrected chi connectivity index (χ4v) is 5.63. The topological polar surface area (TPSA) is 54.3 Å². The summed E-state index contributed by atoms with van der Waals surface area (Å²) >= 11 is 0. The van der Waals surface area contributed by atoms with Crippen molar-refractivity contribution >= 4 is 33.3 Å². The van der Waals surface area contributed by atoms with Crippen LogP contribution in [0, 0.1) is 6.92 Å². The lowest BCUT2D eigenvalue weighted by atomic mass is 10.2. The zero-order chi connectivity index (χ0) is 15.9. The molecule has 2 aromatic rings. The van der Waals surface area contributed by atoms with Gasteiger partial charge in [-0.15, -0.1) is 12.4 Å². The van der Waals surface area contributed by atoms with Gasteiger partial charge in [-0.05, 0) is 32.9 Å². The Morgan fingerprint density at radius 1 is 1.30 bits per heavy atom. The molecule has 0 bridgehead atoms. The number of benzene rings is 1. The number of nitrogens with zero attached hydrogens (tertiary/aromatic N) is 2. The number of aryl methyl sites for hydroxylation is 1. The highest BCUT2D eigenvalue weighted by atomic mass is 35.5. The second-order valence-corrected chi connectivity index (χ2v) is 7.79. The number of fused-ring (bicyclic) bond motifs is 1. The summed E-state index contributed by atoms with van der Waals surface area (Å²) in [6.45, 7) is 3.19. The van der Waals surface area contributed by atoms with Crippen molar-refractivity contribution in [3.8, 4) is 0 Å². The number of hydrogen-bond donors (Lipinski definition) is 1. The van der Waals surface area contributed by atoms with E-state index >= 15 is 0 Å². The van der Waals surface area contributed by atoms with Gasteiger partial charge in [-0.3, -0.25) is 0 Å². The van der Waals surface area contributed by atoms with Gasteiger partial charge in [-0.25, -0.2) is 8.42 Å². The molecule has 1 aromatic heterocycles. The third-order valence-electron chi connectivity index (χ3n) is 4.67. The second-order valence-electron chi connectivity index (χ2n) is 5.96. The van der Waals surface area contributed by atoms with Gasteiger partial charge in [-0.1, -0.05) is 18.2 Å². The van der Waals surface area contributed by atoms with Crippen molar-refractivity contribution in [3.05, 3.63) is 30.0 Å². The summed E-state index contributed by atoms with van der Waals surface area (Å²) in [6, 6.07) is 7.76. The lowest BCUT2D eigenvalue weighted by Crippen LogP contribution is -2.40. The number of nitrogens with one attached hydrogen (secondary N) is 1. The zero-order valence-corrected chi connectivity index (χ0v) is 15.4. The normalized spacial score (nSPS) is 19.2. The summed E-state index contributed by atoms with van der Waals surface area (Å²) in [7, 11) is 0.316. The number of sulfonamides is 1. The van der Waals surface area contributed by atoms with Crippen LogP contribution in [0.25, 0.3) is 10.9 Å². The molecule has 1 atom stereocenters. The van der Waals surface area contributed by atoms with E-state index in [9.17, 15) is 8.42 Å². The summed E-state index contributed by atoms with van der Waals surface area (Å²) in [5.41, 5.74) is 1.76. The van der Waals surface area contributed by atoms with Crippen molar-refractivity contribution < 1.29 is 8.42 Å². The molecule has 2 heterocycles. The molecule has 0 radical (unpaired) electrons. The minimum Gasteiger partial charge on any atom is -0.347 e. The lowest BCUT2D eigenvalue weighted by Gasteiger charge is -2.24. The molecule has 5 nitrogen and oxygen atoms in total. The first-order valence-corrected chi connectivity index (χ1v) is 9.13. The molecule has 3 rings (SSSR count). The van der Waals surface area contributed by atoms with Crippen molar-refractivity contribution in [2.24, 2.45) is 7.05 Å². The van der Waals surface area contributed by atoms with Gasteiger partial charge in [0.25, 0.3) is 0 Å². The molecule has 0 saturated carbocycles. The Morgan fingerprint density at radius 2 is 2.00 bits per heavy atom. The molecule has 1 N–H and O–H groups in total. The van der Waals surface area contributed by atoms with E-state index in [4.69, 9.17) is 0 Å². The molecule has 0 aliphatic carbocycles. The van der Waals surface area contributed by atoms with Gasteiger partial charge in [0.1, 0.15) is 4.90 Å². The van der Waals surface area contributed by atoms with Gasteiger partial charge in [0.2, 0.25) is 10.0 Å². The fourth-order valence-electron chi connectivity index (χ4n) is 3.49. The molecule has 1 aromatic carbocycles. The first-order chi connectivity index (χ1) is 10.5. The minimum atomic E-state index is -3.47. The number of para-hydroxylation sites is 1. The van der Waals surface area contributed by atoms with Crippen molar-refractivity contribution in [3.63, 3.8) is 0 Å². The summed E-state index contributed by atoms with van der Waals surface area (Å²) < 4.78 is 30.1. The van der Waals surface area contributed by atoms with Gasteiger partial charge in [0.15, 0.2) is 0 Å². The van der Waals surface area contributed by atoms with Crippen LogP contribution in [-0.4, -0.2) is 43.5 Å². The molecule has 1 aliphatic heterocycles. The Bertz CT molecular complexity index is 801. The molecular weight excluding hydrogens is 334 g/mol. The van der Waals surface area contributed by atoms with Crippen LogP contribution >= 0.6 is 12.4 Å². The molecule has 1 aliphatic rings. The SMILES string of the molecule is CNCC1CCCN1S(=O)(=O)c1c(C)n(C)c2ccccc12.Cl. The van der Waals surface area contributed by atoms with Crippen molar-refractivity contribution in [1.29, 1.82) is 0 Å². The predicted octanol–water partition coefficient (Wildman–Crippen LogP) is 2.28. The van der Waals surface area contributed by atoms with E-state index in [1.165, 1.54) is 0 Å². The molecule has 1 fully saturated rings. The van der Waals surface area contributed by atoms with E-state index in [0.717, 1.165) is 29.4 Å². The van der Waals surface area contributed by atoms with E-state index in [0.29, 0.717) is 18.0 Å². The summed E-state index contributed by atoms with van der Waals surface area (Å²) in [5, 5.41) is 3.93. The number of aromatic nitrogens is 1. The third kappa shape index (κ3) is 2.89. The van der Waals surface area contributed by atoms with Crippen molar-refractivity contribution in [2.45, 2.75) is 30.7 Å². The second kappa shape index (κ2) is 6.81. The van der Waals surface area contributed by atoms with Crippen LogP contribution in [0.1, 0.15) is 18.5 Å². The Labute approximate surface area is 144 Å². The van der Waals surface area contributed by atoms with Crippen LogP contribution < -0.4 is 5.32 Å². The van der Waals surface area contributed by atoms with Crippen LogP contribution in [0.2, 0.25) is 0 Å². The Kier molecular flexibility index (Phi) is 5.41. The summed E-state index contributed by atoms with van der Waals surface area (Å²) in [5.74, 6) is 0. The van der Waals surface area contributed by atoms with Crippen LogP contribution in [0.4, 0.5) is 0 Å². The Balaban J connectivity index is 0.00000192. The van der Waals surface area contributed by atoms with E-state index in [1.807, 2.05) is 49.9 Å². The number of halogens is 1. The Morgan fingerprint density at radius 3 is 2.70 bits per heavy atom. The molecule has 128 valence electrons. The standard InChI is InChI=1S/C16H23N3O2S.ClH/c1-12-16(14-8-4-5-9-15(14)18(12)3)22(20,21)19-10-6-7-13(19)11-17-2;/h4-5,8-9,13,17H,6-7,10-11H2,1-3H3;1H. The quantitative estimate of drug-likeness (QED) is 0.913. The largest absolute Gasteiger partial charge is 0.347 e. The maximum absolute atomic E-state index is 13.3.